The van der Waals surface area contributed by atoms with Gasteiger partial charge in [-0.25, -0.2) is 4.79 Å². The number of fused-ring (bicyclic) bond motifs is 1. The second-order valence-electron chi connectivity index (χ2n) is 3.27. The van der Waals surface area contributed by atoms with Crippen LogP contribution in [0.4, 0.5) is 4.79 Å². The van der Waals surface area contributed by atoms with Gasteiger partial charge in [-0.2, -0.15) is 0 Å². The van der Waals surface area contributed by atoms with Crippen LogP contribution in [0.5, 0.6) is 0 Å². The van der Waals surface area contributed by atoms with E-state index in [1.54, 1.807) is 0 Å². The minimum atomic E-state index is -0.760. The summed E-state index contributed by atoms with van der Waals surface area (Å²) in [4.78, 5) is 10.8. The zero-order valence-corrected chi connectivity index (χ0v) is 7.71. The van der Waals surface area contributed by atoms with Gasteiger partial charge >= 0.3 is 6.16 Å². The highest BCUT2D eigenvalue weighted by atomic mass is 16.7. The van der Waals surface area contributed by atoms with E-state index in [1.807, 2.05) is 0 Å². The van der Waals surface area contributed by atoms with E-state index in [-0.39, 0.29) is 25.4 Å². The molecule has 2 rings (SSSR count). The third-order valence-electron chi connectivity index (χ3n) is 2.40. The van der Waals surface area contributed by atoms with Crippen molar-refractivity contribution in [2.45, 2.75) is 24.4 Å². The molecule has 2 heterocycles. The number of methoxy groups -OCH3 is 1. The Balaban J connectivity index is 1.93. The van der Waals surface area contributed by atoms with Crippen molar-refractivity contribution in [1.29, 1.82) is 0 Å². The van der Waals surface area contributed by atoms with Gasteiger partial charge in [0.25, 0.3) is 0 Å². The molecule has 0 saturated carbocycles. The zero-order valence-electron chi connectivity index (χ0n) is 7.71. The van der Waals surface area contributed by atoms with Gasteiger partial charge in [0, 0.05) is 0 Å². The average molecular weight is 204 g/mol. The van der Waals surface area contributed by atoms with Gasteiger partial charge in [0.05, 0.1) is 20.3 Å². The molecule has 0 amide bonds. The van der Waals surface area contributed by atoms with Crippen LogP contribution in [0.1, 0.15) is 0 Å². The first-order valence-corrected chi connectivity index (χ1v) is 4.38. The Morgan fingerprint density at radius 2 is 2.07 bits per heavy atom. The Morgan fingerprint density at radius 3 is 2.79 bits per heavy atom. The summed E-state index contributed by atoms with van der Waals surface area (Å²) in [7, 11) is 1.24. The fourth-order valence-corrected chi connectivity index (χ4v) is 1.72. The minimum absolute atomic E-state index is 0.219. The Hall–Kier alpha value is -0.850. The summed E-state index contributed by atoms with van der Waals surface area (Å²) in [6.07, 6.45) is -2.63. The molecule has 0 aromatic heterocycles. The summed E-state index contributed by atoms with van der Waals surface area (Å²) in [6.45, 7) is 0.456. The van der Waals surface area contributed by atoms with Crippen LogP contribution >= 0.6 is 0 Å². The fourth-order valence-electron chi connectivity index (χ4n) is 1.72. The Labute approximate surface area is 80.7 Å². The lowest BCUT2D eigenvalue weighted by Gasteiger charge is -2.15. The van der Waals surface area contributed by atoms with Crippen molar-refractivity contribution in [3.63, 3.8) is 0 Å². The first-order valence-electron chi connectivity index (χ1n) is 4.38. The maximum Gasteiger partial charge on any atom is 0.508 e. The van der Waals surface area contributed by atoms with E-state index >= 15 is 0 Å². The van der Waals surface area contributed by atoms with Gasteiger partial charge in [-0.1, -0.05) is 0 Å². The number of rotatable bonds is 1. The highest BCUT2D eigenvalue weighted by Crippen LogP contribution is 2.28. The quantitative estimate of drug-likeness (QED) is 0.569. The van der Waals surface area contributed by atoms with Crippen molar-refractivity contribution in [3.8, 4) is 0 Å². The summed E-state index contributed by atoms with van der Waals surface area (Å²) < 4.78 is 19.7. The molecule has 0 bridgehead atoms. The molecule has 6 heteroatoms. The van der Waals surface area contributed by atoms with Crippen molar-refractivity contribution in [1.82, 2.24) is 0 Å². The molecule has 6 nitrogen and oxygen atoms in total. The van der Waals surface area contributed by atoms with Gasteiger partial charge in [0.1, 0.15) is 18.3 Å². The predicted molar refractivity (Wildman–Crippen MR) is 42.8 cm³/mol. The molecule has 2 fully saturated rings. The van der Waals surface area contributed by atoms with Gasteiger partial charge in [0.2, 0.25) is 0 Å². The molecule has 0 aromatic rings. The molecule has 0 aliphatic carbocycles. The fraction of sp³-hybridized carbons (Fsp3) is 0.875. The molecule has 1 N–H and O–H groups in total. The average Bonchev–Trinajstić information content (AvgIpc) is 2.72. The minimum Gasteiger partial charge on any atom is -0.438 e. The maximum absolute atomic E-state index is 10.8. The smallest absolute Gasteiger partial charge is 0.438 e. The molecule has 14 heavy (non-hydrogen) atoms. The molecule has 2 unspecified atom stereocenters. The SMILES string of the molecule is COC(=O)OC1CO[C@@H]2C(O)CO[C@H]12. The third-order valence-corrected chi connectivity index (χ3v) is 2.40. The summed E-state index contributed by atoms with van der Waals surface area (Å²) in [5.74, 6) is 0. The van der Waals surface area contributed by atoms with Crippen LogP contribution in [0, 0.1) is 0 Å². The lowest BCUT2D eigenvalue weighted by Crippen LogP contribution is -2.34. The molecule has 2 saturated heterocycles. The normalized spacial score (nSPS) is 40.7. The Morgan fingerprint density at radius 1 is 1.36 bits per heavy atom. The lowest BCUT2D eigenvalue weighted by atomic mass is 10.1. The van der Waals surface area contributed by atoms with Crippen molar-refractivity contribution >= 4 is 6.16 Å². The maximum atomic E-state index is 10.8. The van der Waals surface area contributed by atoms with Crippen molar-refractivity contribution in [2.24, 2.45) is 0 Å². The number of ether oxygens (including phenoxy) is 4. The van der Waals surface area contributed by atoms with E-state index in [1.165, 1.54) is 7.11 Å². The van der Waals surface area contributed by atoms with Gasteiger partial charge in [-0.05, 0) is 0 Å². The van der Waals surface area contributed by atoms with E-state index in [0.29, 0.717) is 0 Å². The first-order chi connectivity index (χ1) is 6.72. The van der Waals surface area contributed by atoms with E-state index in [2.05, 4.69) is 4.74 Å². The summed E-state index contributed by atoms with van der Waals surface area (Å²) in [5.41, 5.74) is 0. The molecule has 0 aromatic carbocycles. The van der Waals surface area contributed by atoms with Crippen LogP contribution in [0.2, 0.25) is 0 Å². The molecule has 80 valence electrons. The van der Waals surface area contributed by atoms with Crippen LogP contribution < -0.4 is 0 Å². The second-order valence-corrected chi connectivity index (χ2v) is 3.27. The van der Waals surface area contributed by atoms with Crippen LogP contribution in [0.3, 0.4) is 0 Å². The predicted octanol–water partition coefficient (Wildman–Crippen LogP) is -0.704. The van der Waals surface area contributed by atoms with Crippen LogP contribution in [0.15, 0.2) is 0 Å². The highest BCUT2D eigenvalue weighted by Gasteiger charge is 2.49. The molecule has 4 atom stereocenters. The second kappa shape index (κ2) is 3.72. The Bertz CT molecular complexity index is 230. The molecule has 0 radical (unpaired) electrons. The highest BCUT2D eigenvalue weighted by molar-refractivity contribution is 5.60. The first kappa shape index (κ1) is 9.70. The monoisotopic (exact) mass is 204 g/mol. The van der Waals surface area contributed by atoms with Gasteiger partial charge in [0.15, 0.2) is 6.10 Å². The van der Waals surface area contributed by atoms with Gasteiger partial charge in [-0.15, -0.1) is 0 Å². The van der Waals surface area contributed by atoms with E-state index < -0.39 is 18.4 Å². The number of carbonyl (C=O) groups excluding carboxylic acids is 1. The summed E-state index contributed by atoms with van der Waals surface area (Å²) >= 11 is 0. The number of aliphatic hydroxyl groups excluding tert-OH is 1. The number of hydrogen-bond acceptors (Lipinski definition) is 6. The third kappa shape index (κ3) is 1.56. The molecule has 0 spiro atoms. The summed E-state index contributed by atoms with van der Waals surface area (Å²) in [6, 6.07) is 0. The molecule has 2 aliphatic heterocycles. The number of hydrogen-bond donors (Lipinski definition) is 1. The molecule has 2 aliphatic rings. The van der Waals surface area contributed by atoms with Crippen molar-refractivity contribution in [2.75, 3.05) is 20.3 Å². The molecular weight excluding hydrogens is 192 g/mol. The van der Waals surface area contributed by atoms with E-state index in [4.69, 9.17) is 14.2 Å². The Kier molecular flexibility index (Phi) is 2.58. The lowest BCUT2D eigenvalue weighted by molar-refractivity contribution is -0.0267. The van der Waals surface area contributed by atoms with Crippen molar-refractivity contribution < 1.29 is 28.8 Å². The van der Waals surface area contributed by atoms with Gasteiger partial charge < -0.3 is 24.1 Å². The van der Waals surface area contributed by atoms with E-state index in [0.717, 1.165) is 0 Å². The van der Waals surface area contributed by atoms with Crippen LogP contribution in [0.25, 0.3) is 0 Å². The topological polar surface area (TPSA) is 74.2 Å². The number of aliphatic hydroxyl groups is 1. The zero-order chi connectivity index (χ0) is 10.1. The van der Waals surface area contributed by atoms with Crippen LogP contribution in [-0.2, 0) is 18.9 Å². The molecular formula is C8H12O6. The van der Waals surface area contributed by atoms with Gasteiger partial charge in [-0.3, -0.25) is 0 Å². The summed E-state index contributed by atoms with van der Waals surface area (Å²) in [5, 5.41) is 9.39. The standard InChI is InChI=1S/C8H12O6/c1-11-8(10)14-5-3-13-6-4(9)2-12-7(5)6/h4-7,9H,2-3H2,1H3/t4?,5?,6-,7-/m1/s1. The number of carbonyl (C=O) groups is 1. The van der Waals surface area contributed by atoms with E-state index in [9.17, 15) is 9.90 Å². The van der Waals surface area contributed by atoms with Crippen molar-refractivity contribution in [3.05, 3.63) is 0 Å². The largest absolute Gasteiger partial charge is 0.508 e. The van der Waals surface area contributed by atoms with Crippen LogP contribution in [-0.4, -0.2) is 56.0 Å².